The van der Waals surface area contributed by atoms with Crippen molar-refractivity contribution in [3.8, 4) is 5.75 Å². The van der Waals surface area contributed by atoms with Crippen molar-refractivity contribution in [1.82, 2.24) is 0 Å². The van der Waals surface area contributed by atoms with E-state index in [1.165, 1.54) is 50.5 Å². The molecule has 0 spiro atoms. The van der Waals surface area contributed by atoms with Gasteiger partial charge in [0.05, 0.1) is 72.7 Å². The largest absolute Gasteiger partial charge is 0.491 e. The summed E-state index contributed by atoms with van der Waals surface area (Å²) >= 11 is 0. The summed E-state index contributed by atoms with van der Waals surface area (Å²) < 4.78 is 47.3. The molecule has 0 aliphatic rings. The maximum absolute atomic E-state index is 10.5. The molecule has 0 heterocycles. The van der Waals surface area contributed by atoms with Gasteiger partial charge in [0.15, 0.2) is 0 Å². The van der Waals surface area contributed by atoms with E-state index in [0.29, 0.717) is 66.1 Å². The number of phosphoric acid groups is 1. The van der Waals surface area contributed by atoms with Crippen LogP contribution < -0.4 is 4.74 Å². The maximum atomic E-state index is 10.5. The van der Waals surface area contributed by atoms with Crippen LogP contribution >= 0.6 is 7.82 Å². The lowest BCUT2D eigenvalue weighted by molar-refractivity contribution is -0.0146. The molecule has 0 fully saturated rings. The Morgan fingerprint density at radius 3 is 1.47 bits per heavy atom. The van der Waals surface area contributed by atoms with Gasteiger partial charge in [-0.05, 0) is 30.5 Å². The monoisotopic (exact) mass is 564 g/mol. The summed E-state index contributed by atoms with van der Waals surface area (Å²) in [5, 5.41) is 0. The van der Waals surface area contributed by atoms with E-state index in [1.54, 1.807) is 0 Å². The van der Waals surface area contributed by atoms with E-state index >= 15 is 0 Å². The SMILES string of the molecule is CCCCCCCCCc1ccc(OCCOCCOCCOCCOCCOCCOP(=O)(O)O)cc1. The van der Waals surface area contributed by atoms with Gasteiger partial charge in [-0.1, -0.05) is 57.6 Å². The van der Waals surface area contributed by atoms with Crippen LogP contribution in [0.25, 0.3) is 0 Å². The van der Waals surface area contributed by atoms with Gasteiger partial charge in [-0.3, -0.25) is 4.52 Å². The van der Waals surface area contributed by atoms with Crippen molar-refractivity contribution in [2.45, 2.75) is 58.3 Å². The molecule has 222 valence electrons. The molecule has 2 N–H and O–H groups in total. The maximum Gasteiger partial charge on any atom is 0.469 e. The zero-order valence-corrected chi connectivity index (χ0v) is 24.0. The fraction of sp³-hybridized carbons (Fsp3) is 0.778. The lowest BCUT2D eigenvalue weighted by Crippen LogP contribution is -2.14. The van der Waals surface area contributed by atoms with Crippen LogP contribution in [0.1, 0.15) is 57.4 Å². The molecule has 0 aromatic heterocycles. The second kappa shape index (κ2) is 24.9. The van der Waals surface area contributed by atoms with Gasteiger partial charge in [-0.25, -0.2) is 4.57 Å². The average molecular weight is 565 g/mol. The number of ether oxygens (including phenoxy) is 6. The molecular formula is C27H49O10P. The van der Waals surface area contributed by atoms with E-state index in [2.05, 4.69) is 23.6 Å². The minimum atomic E-state index is -4.43. The van der Waals surface area contributed by atoms with Gasteiger partial charge in [-0.15, -0.1) is 0 Å². The van der Waals surface area contributed by atoms with E-state index in [-0.39, 0.29) is 13.2 Å². The molecule has 1 aromatic carbocycles. The van der Waals surface area contributed by atoms with Crippen LogP contribution in [-0.2, 0) is 39.2 Å². The molecular weight excluding hydrogens is 515 g/mol. The van der Waals surface area contributed by atoms with Crippen molar-refractivity contribution < 1.29 is 47.3 Å². The zero-order chi connectivity index (χ0) is 27.6. The molecule has 0 atom stereocenters. The second-order valence-electron chi connectivity index (χ2n) is 8.75. The molecule has 0 unspecified atom stereocenters. The molecule has 0 bridgehead atoms. The van der Waals surface area contributed by atoms with Gasteiger partial charge < -0.3 is 38.2 Å². The molecule has 0 aliphatic heterocycles. The number of hydrogen-bond acceptors (Lipinski definition) is 8. The normalized spacial score (nSPS) is 11.8. The molecule has 0 amide bonds. The summed E-state index contributed by atoms with van der Waals surface area (Å²) in [6, 6.07) is 8.38. The number of hydrogen-bond donors (Lipinski definition) is 2. The average Bonchev–Trinajstić information content (AvgIpc) is 2.89. The van der Waals surface area contributed by atoms with Crippen LogP contribution in [-0.4, -0.2) is 89.1 Å². The number of aryl methyl sites for hydroxylation is 1. The second-order valence-corrected chi connectivity index (χ2v) is 9.99. The van der Waals surface area contributed by atoms with Crippen molar-refractivity contribution in [3.63, 3.8) is 0 Å². The van der Waals surface area contributed by atoms with E-state index in [9.17, 15) is 4.57 Å². The highest BCUT2D eigenvalue weighted by atomic mass is 31.2. The van der Waals surface area contributed by atoms with Gasteiger partial charge in [0.2, 0.25) is 0 Å². The van der Waals surface area contributed by atoms with Gasteiger partial charge in [0.25, 0.3) is 0 Å². The van der Waals surface area contributed by atoms with Gasteiger partial charge in [0.1, 0.15) is 12.4 Å². The van der Waals surface area contributed by atoms with Gasteiger partial charge in [0, 0.05) is 0 Å². The van der Waals surface area contributed by atoms with Crippen LogP contribution in [0, 0.1) is 0 Å². The zero-order valence-electron chi connectivity index (χ0n) is 23.1. The molecule has 0 saturated heterocycles. The molecule has 1 rings (SSSR count). The van der Waals surface area contributed by atoms with E-state index in [0.717, 1.165) is 12.2 Å². The lowest BCUT2D eigenvalue weighted by atomic mass is 10.0. The molecule has 10 nitrogen and oxygen atoms in total. The third-order valence-corrected chi connectivity index (χ3v) is 5.98. The Kier molecular flexibility index (Phi) is 22.9. The van der Waals surface area contributed by atoms with Crippen molar-refractivity contribution >= 4 is 7.82 Å². The van der Waals surface area contributed by atoms with Crippen molar-refractivity contribution in [1.29, 1.82) is 0 Å². The van der Waals surface area contributed by atoms with Crippen molar-refractivity contribution in [2.75, 3.05) is 79.3 Å². The molecule has 1 aromatic rings. The number of unbranched alkanes of at least 4 members (excludes halogenated alkanes) is 6. The van der Waals surface area contributed by atoms with Crippen LogP contribution in [0.15, 0.2) is 24.3 Å². The van der Waals surface area contributed by atoms with Gasteiger partial charge in [-0.2, -0.15) is 0 Å². The summed E-state index contributed by atoms with van der Waals surface area (Å²) in [4.78, 5) is 17.0. The van der Waals surface area contributed by atoms with Crippen LogP contribution in [0.4, 0.5) is 0 Å². The number of benzene rings is 1. The van der Waals surface area contributed by atoms with Crippen LogP contribution in [0.3, 0.4) is 0 Å². The lowest BCUT2D eigenvalue weighted by Gasteiger charge is -2.09. The molecule has 0 radical (unpaired) electrons. The van der Waals surface area contributed by atoms with Crippen LogP contribution in [0.2, 0.25) is 0 Å². The third kappa shape index (κ3) is 24.0. The molecule has 0 saturated carbocycles. The van der Waals surface area contributed by atoms with Crippen molar-refractivity contribution in [2.24, 2.45) is 0 Å². The molecule has 11 heteroatoms. The summed E-state index contributed by atoms with van der Waals surface area (Å²) in [6.07, 6.45) is 10.5. The predicted molar refractivity (Wildman–Crippen MR) is 146 cm³/mol. The van der Waals surface area contributed by atoms with E-state index < -0.39 is 7.82 Å². The Bertz CT molecular complexity index is 683. The summed E-state index contributed by atoms with van der Waals surface area (Å²) in [5.74, 6) is 0.870. The summed E-state index contributed by atoms with van der Waals surface area (Å²) in [7, 11) is -4.43. The smallest absolute Gasteiger partial charge is 0.469 e. The minimum Gasteiger partial charge on any atom is -0.491 e. The first kappa shape index (κ1) is 35.0. The Hall–Kier alpha value is -1.07. The van der Waals surface area contributed by atoms with Gasteiger partial charge >= 0.3 is 7.82 Å². The standard InChI is InChI=1S/C27H49O10P/c1-2-3-4-5-6-7-8-9-26-10-12-27(13-11-26)36-24-22-34-20-18-32-16-14-31-15-17-33-19-21-35-23-25-37-38(28,29)30/h10-13H,2-9,14-25H2,1H3,(H2,28,29,30). The third-order valence-electron chi connectivity index (χ3n) is 5.46. The first-order valence-electron chi connectivity index (χ1n) is 13.8. The quantitative estimate of drug-likeness (QED) is 0.111. The predicted octanol–water partition coefficient (Wildman–Crippen LogP) is 4.55. The first-order valence-corrected chi connectivity index (χ1v) is 15.3. The van der Waals surface area contributed by atoms with Crippen LogP contribution in [0.5, 0.6) is 5.75 Å². The Balaban J connectivity index is 1.80. The summed E-state index contributed by atoms with van der Waals surface area (Å²) in [5.41, 5.74) is 1.37. The van der Waals surface area contributed by atoms with Crippen molar-refractivity contribution in [3.05, 3.63) is 29.8 Å². The number of phosphoric ester groups is 1. The Labute approximate surface area is 228 Å². The van der Waals surface area contributed by atoms with E-state index in [1.807, 2.05) is 12.1 Å². The summed E-state index contributed by atoms with van der Waals surface area (Å²) in [6.45, 7) is 6.68. The fourth-order valence-corrected chi connectivity index (χ4v) is 3.77. The highest BCUT2D eigenvalue weighted by Crippen LogP contribution is 2.35. The van der Waals surface area contributed by atoms with E-state index in [4.69, 9.17) is 38.2 Å². The fourth-order valence-electron chi connectivity index (χ4n) is 3.45. The molecule has 0 aliphatic carbocycles. The highest BCUT2D eigenvalue weighted by molar-refractivity contribution is 7.46. The minimum absolute atomic E-state index is 0.0896. The Morgan fingerprint density at radius 2 is 1.00 bits per heavy atom. The number of rotatable bonds is 28. The first-order chi connectivity index (χ1) is 18.5. The topological polar surface area (TPSA) is 122 Å². The Morgan fingerprint density at radius 1 is 0.579 bits per heavy atom. The molecule has 38 heavy (non-hydrogen) atoms. The highest BCUT2D eigenvalue weighted by Gasteiger charge is 2.12.